The minimum absolute atomic E-state index is 0.193. The summed E-state index contributed by atoms with van der Waals surface area (Å²) in [6.07, 6.45) is 6.28. The molecule has 1 N–H and O–H groups in total. The van der Waals surface area contributed by atoms with Crippen molar-refractivity contribution in [3.63, 3.8) is 0 Å². The van der Waals surface area contributed by atoms with Gasteiger partial charge in [-0.3, -0.25) is 9.78 Å². The summed E-state index contributed by atoms with van der Waals surface area (Å²) >= 11 is 0. The number of nitrogens with one attached hydrogen (secondary N) is 1. The Kier molecular flexibility index (Phi) is 6.04. The zero-order valence-electron chi connectivity index (χ0n) is 16.9. The van der Waals surface area contributed by atoms with E-state index in [1.165, 1.54) is 11.1 Å². The highest BCUT2D eigenvalue weighted by atomic mass is 16.1. The second kappa shape index (κ2) is 8.65. The van der Waals surface area contributed by atoms with E-state index in [0.29, 0.717) is 5.69 Å². The van der Waals surface area contributed by atoms with E-state index in [9.17, 15) is 4.79 Å². The number of nitrogens with zero attached hydrogens (tertiary/aromatic N) is 3. The Balaban J connectivity index is 1.64. The summed E-state index contributed by atoms with van der Waals surface area (Å²) in [6, 6.07) is 11.9. The van der Waals surface area contributed by atoms with Crippen LogP contribution in [0.4, 0.5) is 11.4 Å². The minimum atomic E-state index is -0.193. The van der Waals surface area contributed by atoms with E-state index in [2.05, 4.69) is 39.2 Å². The van der Waals surface area contributed by atoms with Crippen LogP contribution in [0, 0.1) is 20.8 Å². The van der Waals surface area contributed by atoms with Gasteiger partial charge in [0.25, 0.3) is 5.91 Å². The van der Waals surface area contributed by atoms with Crippen LogP contribution in [0.3, 0.4) is 0 Å². The summed E-state index contributed by atoms with van der Waals surface area (Å²) in [4.78, 5) is 23.1. The predicted molar refractivity (Wildman–Crippen MR) is 114 cm³/mol. The maximum absolute atomic E-state index is 12.6. The summed E-state index contributed by atoms with van der Waals surface area (Å²) in [5.74, 6) is -0.193. The molecule has 0 fully saturated rings. The van der Waals surface area contributed by atoms with Gasteiger partial charge in [-0.25, -0.2) is 4.98 Å². The molecule has 0 bridgehead atoms. The third-order valence-electron chi connectivity index (χ3n) is 4.82. The molecule has 0 radical (unpaired) electrons. The van der Waals surface area contributed by atoms with Gasteiger partial charge in [0, 0.05) is 31.7 Å². The smallest absolute Gasteiger partial charge is 0.274 e. The zero-order chi connectivity index (χ0) is 20.1. The third-order valence-corrected chi connectivity index (χ3v) is 4.82. The maximum Gasteiger partial charge on any atom is 0.274 e. The highest BCUT2D eigenvalue weighted by Gasteiger charge is 2.12. The third kappa shape index (κ3) is 4.74. The van der Waals surface area contributed by atoms with E-state index in [1.807, 2.05) is 51.5 Å². The lowest BCUT2D eigenvalue weighted by molar-refractivity contribution is 0.102. The quantitative estimate of drug-likeness (QED) is 0.698. The summed E-state index contributed by atoms with van der Waals surface area (Å²) in [7, 11) is 2.02. The fourth-order valence-electron chi connectivity index (χ4n) is 3.28. The molecule has 3 rings (SSSR count). The molecule has 2 heterocycles. The molecule has 5 heteroatoms. The average molecular weight is 374 g/mol. The lowest BCUT2D eigenvalue weighted by Crippen LogP contribution is -2.21. The number of hydrogen-bond donors (Lipinski definition) is 1. The van der Waals surface area contributed by atoms with Crippen molar-refractivity contribution in [3.8, 4) is 0 Å². The van der Waals surface area contributed by atoms with E-state index in [-0.39, 0.29) is 5.91 Å². The molecular weight excluding hydrogens is 348 g/mol. The van der Waals surface area contributed by atoms with E-state index >= 15 is 0 Å². The monoisotopic (exact) mass is 374 g/mol. The predicted octanol–water partition coefficient (Wildman–Crippen LogP) is 4.33. The van der Waals surface area contributed by atoms with Crippen molar-refractivity contribution in [2.24, 2.45) is 0 Å². The van der Waals surface area contributed by atoms with Crippen LogP contribution in [-0.2, 0) is 6.42 Å². The first-order chi connectivity index (χ1) is 13.4. The van der Waals surface area contributed by atoms with Gasteiger partial charge in [0.15, 0.2) is 0 Å². The number of carbonyl (C=O) groups is 1. The fourth-order valence-corrected chi connectivity index (χ4v) is 3.28. The van der Waals surface area contributed by atoms with E-state index < -0.39 is 0 Å². The zero-order valence-corrected chi connectivity index (χ0v) is 16.9. The molecule has 0 saturated heterocycles. The molecule has 5 nitrogen and oxygen atoms in total. The maximum atomic E-state index is 12.6. The summed E-state index contributed by atoms with van der Waals surface area (Å²) in [5, 5.41) is 3.00. The number of aryl methyl sites for hydroxylation is 3. The Labute approximate surface area is 166 Å². The molecule has 0 spiro atoms. The highest BCUT2D eigenvalue weighted by Crippen LogP contribution is 2.22. The molecular formula is C23H26N4O. The topological polar surface area (TPSA) is 58.1 Å². The average Bonchev–Trinajstić information content (AvgIpc) is 2.69. The second-order valence-electron chi connectivity index (χ2n) is 7.16. The van der Waals surface area contributed by atoms with Crippen LogP contribution in [0.15, 0.2) is 55.0 Å². The van der Waals surface area contributed by atoms with Crippen molar-refractivity contribution >= 4 is 17.3 Å². The SMILES string of the molecule is Cc1cc(C)c(NC(=O)c2ccc(N(C)CCc3ccncc3)cn2)c(C)c1. The number of hydrogen-bond acceptors (Lipinski definition) is 4. The molecule has 0 aliphatic heterocycles. The van der Waals surface area contributed by atoms with Crippen molar-refractivity contribution in [2.75, 3.05) is 23.8 Å². The molecule has 0 atom stereocenters. The van der Waals surface area contributed by atoms with Crippen LogP contribution in [-0.4, -0.2) is 29.5 Å². The molecule has 0 aliphatic rings. The van der Waals surface area contributed by atoms with Gasteiger partial charge in [-0.05, 0) is 68.1 Å². The molecule has 28 heavy (non-hydrogen) atoms. The first-order valence-electron chi connectivity index (χ1n) is 9.39. The van der Waals surface area contributed by atoms with Crippen LogP contribution in [0.2, 0.25) is 0 Å². The largest absolute Gasteiger partial charge is 0.373 e. The van der Waals surface area contributed by atoms with Crippen molar-refractivity contribution in [2.45, 2.75) is 27.2 Å². The first-order valence-corrected chi connectivity index (χ1v) is 9.39. The van der Waals surface area contributed by atoms with E-state index in [0.717, 1.165) is 35.5 Å². The Bertz CT molecular complexity index is 929. The lowest BCUT2D eigenvalue weighted by Gasteiger charge is -2.19. The number of benzene rings is 1. The normalized spacial score (nSPS) is 10.6. The number of pyridine rings is 2. The van der Waals surface area contributed by atoms with Gasteiger partial charge in [-0.2, -0.15) is 0 Å². The molecule has 144 valence electrons. The Morgan fingerprint density at radius 1 is 1.04 bits per heavy atom. The summed E-state index contributed by atoms with van der Waals surface area (Å²) in [6.45, 7) is 6.92. The van der Waals surface area contributed by atoms with Crippen molar-refractivity contribution in [1.29, 1.82) is 0 Å². The standard InChI is InChI=1S/C23H26N4O/c1-16-13-17(2)22(18(3)14-16)26-23(28)21-6-5-20(15-25-21)27(4)12-9-19-7-10-24-11-8-19/h5-8,10-11,13-15H,9,12H2,1-4H3,(H,26,28). The minimum Gasteiger partial charge on any atom is -0.373 e. The van der Waals surface area contributed by atoms with Gasteiger partial charge in [0.2, 0.25) is 0 Å². The Hall–Kier alpha value is -3.21. The fraction of sp³-hybridized carbons (Fsp3) is 0.261. The molecule has 3 aromatic rings. The highest BCUT2D eigenvalue weighted by molar-refractivity contribution is 6.03. The molecule has 1 amide bonds. The van der Waals surface area contributed by atoms with Crippen LogP contribution in [0.1, 0.15) is 32.7 Å². The number of carbonyl (C=O) groups excluding carboxylic acids is 1. The van der Waals surface area contributed by atoms with Crippen LogP contribution < -0.4 is 10.2 Å². The van der Waals surface area contributed by atoms with E-state index in [1.54, 1.807) is 12.3 Å². The van der Waals surface area contributed by atoms with Gasteiger partial charge in [0.1, 0.15) is 5.69 Å². The number of rotatable bonds is 6. The van der Waals surface area contributed by atoms with Gasteiger partial charge >= 0.3 is 0 Å². The van der Waals surface area contributed by atoms with Crippen LogP contribution in [0.25, 0.3) is 0 Å². The lowest BCUT2D eigenvalue weighted by atomic mass is 10.0. The number of aromatic nitrogens is 2. The Morgan fingerprint density at radius 2 is 1.71 bits per heavy atom. The first kappa shape index (κ1) is 19.5. The van der Waals surface area contributed by atoms with Gasteiger partial charge in [-0.1, -0.05) is 17.7 Å². The second-order valence-corrected chi connectivity index (χ2v) is 7.16. The summed E-state index contributed by atoms with van der Waals surface area (Å²) < 4.78 is 0. The number of likely N-dealkylation sites (N-methyl/N-ethyl adjacent to an activating group) is 1. The number of amides is 1. The van der Waals surface area contributed by atoms with E-state index in [4.69, 9.17) is 0 Å². The molecule has 2 aromatic heterocycles. The van der Waals surface area contributed by atoms with Gasteiger partial charge in [0.05, 0.1) is 11.9 Å². The van der Waals surface area contributed by atoms with Crippen molar-refractivity contribution in [3.05, 3.63) is 82.9 Å². The molecule has 0 saturated carbocycles. The molecule has 1 aromatic carbocycles. The van der Waals surface area contributed by atoms with Gasteiger partial charge in [-0.15, -0.1) is 0 Å². The van der Waals surface area contributed by atoms with Crippen molar-refractivity contribution in [1.82, 2.24) is 9.97 Å². The van der Waals surface area contributed by atoms with Crippen LogP contribution >= 0.6 is 0 Å². The molecule has 0 aliphatic carbocycles. The Morgan fingerprint density at radius 3 is 2.32 bits per heavy atom. The van der Waals surface area contributed by atoms with Crippen molar-refractivity contribution < 1.29 is 4.79 Å². The van der Waals surface area contributed by atoms with Gasteiger partial charge < -0.3 is 10.2 Å². The molecule has 0 unspecified atom stereocenters. The summed E-state index contributed by atoms with van der Waals surface area (Å²) in [5.41, 5.74) is 6.78. The van der Waals surface area contributed by atoms with Crippen LogP contribution in [0.5, 0.6) is 0 Å². The number of anilines is 2.